The second-order valence-electron chi connectivity index (χ2n) is 9.17. The van der Waals surface area contributed by atoms with Crippen LogP contribution in [0.5, 0.6) is 0 Å². The molecule has 0 radical (unpaired) electrons. The number of amides is 2. The third-order valence-corrected chi connectivity index (χ3v) is 6.65. The molecule has 1 saturated heterocycles. The average Bonchev–Trinajstić information content (AvgIpc) is 3.51. The fraction of sp³-hybridized carbons (Fsp3) is 0.179. The maximum atomic E-state index is 13.3. The fourth-order valence-electron chi connectivity index (χ4n) is 4.68. The summed E-state index contributed by atoms with van der Waals surface area (Å²) in [6.07, 6.45) is 0. The van der Waals surface area contributed by atoms with Gasteiger partial charge in [-0.15, -0.1) is 0 Å². The Morgan fingerprint density at radius 3 is 2.50 bits per heavy atom. The van der Waals surface area contributed by atoms with Gasteiger partial charge < -0.3 is 15.2 Å². The van der Waals surface area contributed by atoms with Crippen LogP contribution in [0.15, 0.2) is 78.9 Å². The summed E-state index contributed by atoms with van der Waals surface area (Å²) in [5.41, 5.74) is 3.86. The lowest BCUT2D eigenvalue weighted by atomic mass is 10.1. The maximum absolute atomic E-state index is 13.3. The predicted octanol–water partition coefficient (Wildman–Crippen LogP) is 4.06. The summed E-state index contributed by atoms with van der Waals surface area (Å²) in [5.74, 6) is 0.308. The number of hydrogen-bond acceptors (Lipinski definition) is 5. The van der Waals surface area contributed by atoms with Crippen molar-refractivity contribution in [1.82, 2.24) is 30.2 Å². The third-order valence-electron chi connectivity index (χ3n) is 6.65. The Morgan fingerprint density at radius 2 is 1.64 bits per heavy atom. The van der Waals surface area contributed by atoms with Crippen molar-refractivity contribution in [2.75, 3.05) is 13.1 Å². The molecule has 2 aromatic carbocycles. The van der Waals surface area contributed by atoms with Crippen LogP contribution in [0.3, 0.4) is 0 Å². The highest BCUT2D eigenvalue weighted by atomic mass is 16.2. The highest BCUT2D eigenvalue weighted by molar-refractivity contribution is 5.96. The number of likely N-dealkylation sites (tertiary alicyclic amines) is 1. The molecule has 0 bridgehead atoms. The highest BCUT2D eigenvalue weighted by Gasteiger charge is 2.34. The number of aromatic amines is 1. The molecule has 5 aromatic rings. The van der Waals surface area contributed by atoms with Gasteiger partial charge in [-0.2, -0.15) is 0 Å². The number of para-hydroxylation sites is 3. The number of H-pyrrole nitrogens is 1. The Labute approximate surface area is 207 Å². The fourth-order valence-corrected chi connectivity index (χ4v) is 4.68. The smallest absolute Gasteiger partial charge is 0.272 e. The summed E-state index contributed by atoms with van der Waals surface area (Å²) in [7, 11) is 0. The molecule has 178 valence electrons. The van der Waals surface area contributed by atoms with E-state index in [1.54, 1.807) is 17.0 Å². The summed E-state index contributed by atoms with van der Waals surface area (Å²) >= 11 is 0. The summed E-state index contributed by atoms with van der Waals surface area (Å²) in [5, 5.41) is 4.05. The van der Waals surface area contributed by atoms with E-state index >= 15 is 0 Å². The van der Waals surface area contributed by atoms with E-state index in [0.717, 1.165) is 21.9 Å². The maximum Gasteiger partial charge on any atom is 0.272 e. The van der Waals surface area contributed by atoms with E-state index in [-0.39, 0.29) is 23.8 Å². The van der Waals surface area contributed by atoms with Gasteiger partial charge in [0, 0.05) is 18.5 Å². The first-order valence-electron chi connectivity index (χ1n) is 11.9. The molecule has 0 saturated carbocycles. The predicted molar refractivity (Wildman–Crippen MR) is 137 cm³/mol. The zero-order valence-corrected chi connectivity index (χ0v) is 19.7. The van der Waals surface area contributed by atoms with E-state index < -0.39 is 0 Å². The van der Waals surface area contributed by atoms with Crippen molar-refractivity contribution in [1.29, 1.82) is 0 Å². The van der Waals surface area contributed by atoms with Gasteiger partial charge in [-0.1, -0.05) is 49.4 Å². The molecular weight excluding hydrogens is 452 g/mol. The molecule has 6 rings (SSSR count). The van der Waals surface area contributed by atoms with Crippen LogP contribution in [0.4, 0.5) is 0 Å². The minimum Gasteiger partial charge on any atom is -0.346 e. The average molecular weight is 477 g/mol. The van der Waals surface area contributed by atoms with Gasteiger partial charge in [-0.25, -0.2) is 15.0 Å². The minimum atomic E-state index is -0.239. The molecule has 8 heteroatoms. The van der Waals surface area contributed by atoms with Crippen molar-refractivity contribution < 1.29 is 9.59 Å². The van der Waals surface area contributed by atoms with Gasteiger partial charge in [0.05, 0.1) is 22.6 Å². The summed E-state index contributed by atoms with van der Waals surface area (Å²) in [4.78, 5) is 44.9. The highest BCUT2D eigenvalue weighted by Crippen LogP contribution is 2.22. The molecule has 8 nitrogen and oxygen atoms in total. The Morgan fingerprint density at radius 1 is 0.833 bits per heavy atom. The number of nitrogens with zero attached hydrogens (tertiary/aromatic N) is 4. The lowest BCUT2D eigenvalue weighted by Crippen LogP contribution is -2.40. The van der Waals surface area contributed by atoms with E-state index in [2.05, 4.69) is 25.3 Å². The first-order valence-corrected chi connectivity index (χ1v) is 11.9. The molecule has 2 unspecified atom stereocenters. The molecular formula is C28H24N6O2. The van der Waals surface area contributed by atoms with E-state index in [4.69, 9.17) is 0 Å². The first-order chi connectivity index (χ1) is 17.5. The van der Waals surface area contributed by atoms with E-state index in [1.165, 1.54) is 0 Å². The van der Waals surface area contributed by atoms with Gasteiger partial charge in [0.15, 0.2) is 5.82 Å². The van der Waals surface area contributed by atoms with Crippen LogP contribution in [0.25, 0.3) is 33.5 Å². The zero-order valence-electron chi connectivity index (χ0n) is 19.7. The van der Waals surface area contributed by atoms with Gasteiger partial charge >= 0.3 is 0 Å². The van der Waals surface area contributed by atoms with E-state index in [1.807, 2.05) is 73.7 Å². The topological polar surface area (TPSA) is 104 Å². The number of hydrogen-bond donors (Lipinski definition) is 2. The molecule has 1 aliphatic rings. The van der Waals surface area contributed by atoms with Gasteiger partial charge in [0.1, 0.15) is 17.1 Å². The monoisotopic (exact) mass is 476 g/mol. The summed E-state index contributed by atoms with van der Waals surface area (Å²) in [6, 6.07) is 24.3. The Balaban J connectivity index is 1.17. The molecule has 1 aliphatic heterocycles. The number of aromatic nitrogens is 4. The van der Waals surface area contributed by atoms with Gasteiger partial charge in [-0.05, 0) is 42.3 Å². The standard InChI is InChI=1S/C28H24N6O2/c1-17-15-34(16-25(17)33-27(35)23-14-13-18-7-2-3-8-19(18)29-23)28(36)24-12-6-11-22(30-24)26-31-20-9-4-5-10-21(20)32-26/h2-14,17,25H,15-16H2,1H3,(H,31,32)(H,33,35). The van der Waals surface area contributed by atoms with Crippen molar-refractivity contribution in [3.8, 4) is 11.5 Å². The SMILES string of the molecule is CC1CN(C(=O)c2cccc(-c3nc4ccccc4[nH]3)n2)CC1NC(=O)c1ccc2ccccc2n1. The number of pyridine rings is 2. The van der Waals surface area contributed by atoms with Crippen LogP contribution < -0.4 is 5.32 Å². The van der Waals surface area contributed by atoms with Crippen LogP contribution in [0, 0.1) is 5.92 Å². The summed E-state index contributed by atoms with van der Waals surface area (Å²) < 4.78 is 0. The summed E-state index contributed by atoms with van der Waals surface area (Å²) in [6.45, 7) is 2.98. The molecule has 0 spiro atoms. The van der Waals surface area contributed by atoms with Crippen molar-refractivity contribution in [2.45, 2.75) is 13.0 Å². The lowest BCUT2D eigenvalue weighted by Gasteiger charge is -2.17. The number of benzene rings is 2. The molecule has 36 heavy (non-hydrogen) atoms. The first kappa shape index (κ1) is 21.9. The lowest BCUT2D eigenvalue weighted by molar-refractivity contribution is 0.0775. The zero-order chi connectivity index (χ0) is 24.6. The Hall–Kier alpha value is -4.59. The molecule has 2 N–H and O–H groups in total. The number of rotatable bonds is 4. The van der Waals surface area contributed by atoms with Crippen LogP contribution in [0.2, 0.25) is 0 Å². The second kappa shape index (κ2) is 8.88. The Kier molecular flexibility index (Phi) is 5.41. The van der Waals surface area contributed by atoms with E-state index in [0.29, 0.717) is 36.0 Å². The minimum absolute atomic E-state index is 0.0944. The van der Waals surface area contributed by atoms with Crippen molar-refractivity contribution in [2.24, 2.45) is 5.92 Å². The van der Waals surface area contributed by atoms with Gasteiger partial charge in [0.25, 0.3) is 11.8 Å². The molecule has 2 atom stereocenters. The number of carbonyl (C=O) groups excluding carboxylic acids is 2. The van der Waals surface area contributed by atoms with Crippen molar-refractivity contribution in [3.05, 3.63) is 90.3 Å². The molecule has 2 amide bonds. The molecule has 0 aliphatic carbocycles. The number of fused-ring (bicyclic) bond motifs is 2. The van der Waals surface area contributed by atoms with Crippen molar-refractivity contribution in [3.63, 3.8) is 0 Å². The van der Waals surface area contributed by atoms with Gasteiger partial charge in [-0.3, -0.25) is 9.59 Å². The van der Waals surface area contributed by atoms with Crippen LogP contribution in [-0.4, -0.2) is 55.8 Å². The largest absolute Gasteiger partial charge is 0.346 e. The van der Waals surface area contributed by atoms with E-state index in [9.17, 15) is 9.59 Å². The second-order valence-corrected chi connectivity index (χ2v) is 9.17. The van der Waals surface area contributed by atoms with Crippen LogP contribution >= 0.6 is 0 Å². The number of imidazole rings is 1. The molecule has 4 heterocycles. The molecule has 3 aromatic heterocycles. The Bertz CT molecular complexity index is 1580. The number of carbonyl (C=O) groups is 2. The molecule has 1 fully saturated rings. The normalized spacial score (nSPS) is 17.5. The third kappa shape index (κ3) is 4.07. The quantitative estimate of drug-likeness (QED) is 0.407. The number of nitrogens with one attached hydrogen (secondary N) is 2. The van der Waals surface area contributed by atoms with Crippen molar-refractivity contribution >= 4 is 33.8 Å². The van der Waals surface area contributed by atoms with Crippen LogP contribution in [0.1, 0.15) is 27.9 Å². The van der Waals surface area contributed by atoms with Crippen LogP contribution in [-0.2, 0) is 0 Å². The van der Waals surface area contributed by atoms with Gasteiger partial charge in [0.2, 0.25) is 0 Å².